The van der Waals surface area contributed by atoms with Crippen LogP contribution >= 0.6 is 22.6 Å². The summed E-state index contributed by atoms with van der Waals surface area (Å²) in [5.41, 5.74) is 0. The fraction of sp³-hybridized carbons (Fsp3) is 0.600. The third kappa shape index (κ3) is 5.55. The summed E-state index contributed by atoms with van der Waals surface area (Å²) in [6.07, 6.45) is 0. The zero-order chi connectivity index (χ0) is 14.2. The topological polar surface area (TPSA) is 24.9 Å². The molecule has 5 heteroatoms. The molecule has 0 radical (unpaired) electrons. The van der Waals surface area contributed by atoms with Crippen LogP contribution in [0, 0.1) is 3.57 Å². The molecule has 1 saturated heterocycles. The number of methoxy groups -OCH3 is 1. The summed E-state index contributed by atoms with van der Waals surface area (Å²) >= 11 is 2.30. The number of hydrogen-bond acceptors (Lipinski definition) is 4. The minimum Gasteiger partial charge on any atom is -0.492 e. The SMILES string of the molecule is COCCN1CCN(CCOc2ccc(I)cc2)CC1. The average Bonchev–Trinajstić information content (AvgIpc) is 2.48. The Labute approximate surface area is 135 Å². The van der Waals surface area contributed by atoms with E-state index in [1.54, 1.807) is 7.11 Å². The molecule has 0 spiro atoms. The first-order valence-corrected chi connectivity index (χ1v) is 8.18. The van der Waals surface area contributed by atoms with Crippen molar-refractivity contribution in [2.75, 3.05) is 59.6 Å². The van der Waals surface area contributed by atoms with E-state index in [2.05, 4.69) is 44.5 Å². The largest absolute Gasteiger partial charge is 0.492 e. The van der Waals surface area contributed by atoms with Crippen molar-refractivity contribution in [3.8, 4) is 5.75 Å². The van der Waals surface area contributed by atoms with E-state index in [-0.39, 0.29) is 0 Å². The molecule has 20 heavy (non-hydrogen) atoms. The van der Waals surface area contributed by atoms with Gasteiger partial charge in [-0.1, -0.05) is 0 Å². The summed E-state index contributed by atoms with van der Waals surface area (Å²) < 4.78 is 12.1. The number of benzene rings is 1. The highest BCUT2D eigenvalue weighted by molar-refractivity contribution is 14.1. The summed E-state index contributed by atoms with van der Waals surface area (Å²) in [6.45, 7) is 8.15. The van der Waals surface area contributed by atoms with Gasteiger partial charge in [-0.05, 0) is 46.9 Å². The van der Waals surface area contributed by atoms with Crippen LogP contribution in [0.1, 0.15) is 0 Å². The van der Waals surface area contributed by atoms with Crippen LogP contribution in [0.25, 0.3) is 0 Å². The highest BCUT2D eigenvalue weighted by atomic mass is 127. The molecule has 1 aromatic rings. The van der Waals surface area contributed by atoms with Crippen molar-refractivity contribution in [1.29, 1.82) is 0 Å². The summed E-state index contributed by atoms with van der Waals surface area (Å²) in [6, 6.07) is 8.21. The van der Waals surface area contributed by atoms with Gasteiger partial charge in [-0.25, -0.2) is 0 Å². The van der Waals surface area contributed by atoms with Gasteiger partial charge in [0.25, 0.3) is 0 Å². The van der Waals surface area contributed by atoms with Gasteiger partial charge in [0.15, 0.2) is 0 Å². The van der Waals surface area contributed by atoms with E-state index in [1.807, 2.05) is 12.1 Å². The molecule has 0 atom stereocenters. The third-order valence-corrected chi connectivity index (χ3v) is 4.29. The number of rotatable bonds is 7. The van der Waals surface area contributed by atoms with Gasteiger partial charge in [0.05, 0.1) is 6.61 Å². The van der Waals surface area contributed by atoms with Crippen LogP contribution in [0.3, 0.4) is 0 Å². The number of nitrogens with zero attached hydrogens (tertiary/aromatic N) is 2. The lowest BCUT2D eigenvalue weighted by Gasteiger charge is -2.34. The van der Waals surface area contributed by atoms with E-state index in [9.17, 15) is 0 Å². The summed E-state index contributed by atoms with van der Waals surface area (Å²) in [7, 11) is 1.76. The van der Waals surface area contributed by atoms with E-state index in [1.165, 1.54) is 3.57 Å². The first-order valence-electron chi connectivity index (χ1n) is 7.10. The normalized spacial score (nSPS) is 17.3. The van der Waals surface area contributed by atoms with Crippen LogP contribution in [0.5, 0.6) is 5.75 Å². The number of piperazine rings is 1. The minimum absolute atomic E-state index is 0.763. The molecule has 1 aliphatic heterocycles. The Balaban J connectivity index is 1.60. The van der Waals surface area contributed by atoms with Crippen molar-refractivity contribution >= 4 is 22.6 Å². The predicted octanol–water partition coefficient (Wildman–Crippen LogP) is 1.93. The maximum absolute atomic E-state index is 5.78. The van der Waals surface area contributed by atoms with Gasteiger partial charge in [0.1, 0.15) is 12.4 Å². The molecule has 1 aromatic carbocycles. The van der Waals surface area contributed by atoms with Gasteiger partial charge in [0.2, 0.25) is 0 Å². The number of hydrogen-bond donors (Lipinski definition) is 0. The van der Waals surface area contributed by atoms with E-state index < -0.39 is 0 Å². The van der Waals surface area contributed by atoms with Crippen LogP contribution in [-0.2, 0) is 4.74 Å². The Morgan fingerprint density at radius 3 is 2.05 bits per heavy atom. The molecular weight excluding hydrogens is 367 g/mol. The molecule has 0 unspecified atom stereocenters. The standard InChI is InChI=1S/C15H23IN2O2/c1-19-12-10-17-6-8-18(9-7-17)11-13-20-15-4-2-14(16)3-5-15/h2-5H,6-13H2,1H3. The van der Waals surface area contributed by atoms with Crippen LogP contribution < -0.4 is 4.74 Å². The molecule has 112 valence electrons. The lowest BCUT2D eigenvalue weighted by Crippen LogP contribution is -2.48. The van der Waals surface area contributed by atoms with Gasteiger partial charge in [-0.2, -0.15) is 0 Å². The molecule has 0 aromatic heterocycles. The lowest BCUT2D eigenvalue weighted by atomic mass is 10.3. The van der Waals surface area contributed by atoms with Crippen molar-refractivity contribution < 1.29 is 9.47 Å². The Kier molecular flexibility index (Phi) is 7.06. The molecule has 1 heterocycles. The van der Waals surface area contributed by atoms with Gasteiger partial charge in [0, 0.05) is 49.9 Å². The molecule has 1 aliphatic rings. The van der Waals surface area contributed by atoms with Gasteiger partial charge in [-0.15, -0.1) is 0 Å². The van der Waals surface area contributed by atoms with E-state index >= 15 is 0 Å². The monoisotopic (exact) mass is 390 g/mol. The summed E-state index contributed by atoms with van der Waals surface area (Å²) in [4.78, 5) is 4.93. The van der Waals surface area contributed by atoms with Crippen molar-refractivity contribution in [1.82, 2.24) is 9.80 Å². The molecule has 1 fully saturated rings. The third-order valence-electron chi connectivity index (χ3n) is 3.57. The molecule has 2 rings (SSSR count). The summed E-state index contributed by atoms with van der Waals surface area (Å²) in [5, 5.41) is 0. The smallest absolute Gasteiger partial charge is 0.119 e. The lowest BCUT2D eigenvalue weighted by molar-refractivity contribution is 0.0894. The zero-order valence-electron chi connectivity index (χ0n) is 12.1. The van der Waals surface area contributed by atoms with Crippen molar-refractivity contribution in [2.45, 2.75) is 0 Å². The van der Waals surface area contributed by atoms with Crippen LogP contribution in [0.4, 0.5) is 0 Å². The summed E-state index contributed by atoms with van der Waals surface area (Å²) in [5.74, 6) is 0.962. The van der Waals surface area contributed by atoms with E-state index in [0.29, 0.717) is 0 Å². The van der Waals surface area contributed by atoms with Crippen LogP contribution in [-0.4, -0.2) is 69.4 Å². The second-order valence-electron chi connectivity index (χ2n) is 4.98. The first kappa shape index (κ1) is 16.0. The Morgan fingerprint density at radius 1 is 0.950 bits per heavy atom. The van der Waals surface area contributed by atoms with E-state index in [4.69, 9.17) is 9.47 Å². The van der Waals surface area contributed by atoms with Crippen LogP contribution in [0.15, 0.2) is 24.3 Å². The molecule has 0 bridgehead atoms. The Bertz CT molecular complexity index is 378. The molecule has 0 aliphatic carbocycles. The second kappa shape index (κ2) is 8.81. The fourth-order valence-electron chi connectivity index (χ4n) is 2.28. The quantitative estimate of drug-likeness (QED) is 0.665. The minimum atomic E-state index is 0.763. The molecule has 0 N–H and O–H groups in total. The van der Waals surface area contributed by atoms with Crippen molar-refractivity contribution in [3.05, 3.63) is 27.8 Å². The van der Waals surface area contributed by atoms with Gasteiger partial charge in [-0.3, -0.25) is 9.80 Å². The molecule has 0 amide bonds. The fourth-order valence-corrected chi connectivity index (χ4v) is 2.64. The first-order chi connectivity index (χ1) is 9.78. The zero-order valence-corrected chi connectivity index (χ0v) is 14.2. The molecule has 4 nitrogen and oxygen atoms in total. The van der Waals surface area contributed by atoms with Crippen molar-refractivity contribution in [3.63, 3.8) is 0 Å². The van der Waals surface area contributed by atoms with Gasteiger partial charge >= 0.3 is 0 Å². The molecule has 0 saturated carbocycles. The highest BCUT2D eigenvalue weighted by Gasteiger charge is 2.15. The van der Waals surface area contributed by atoms with Crippen molar-refractivity contribution in [2.24, 2.45) is 0 Å². The number of halogens is 1. The Hall–Kier alpha value is -0.370. The molecular formula is C15H23IN2O2. The van der Waals surface area contributed by atoms with Crippen LogP contribution in [0.2, 0.25) is 0 Å². The highest BCUT2D eigenvalue weighted by Crippen LogP contribution is 2.13. The van der Waals surface area contributed by atoms with Gasteiger partial charge < -0.3 is 9.47 Å². The maximum atomic E-state index is 5.78. The maximum Gasteiger partial charge on any atom is 0.119 e. The van der Waals surface area contributed by atoms with E-state index in [0.717, 1.165) is 58.2 Å². The number of ether oxygens (including phenoxy) is 2. The Morgan fingerprint density at radius 2 is 1.50 bits per heavy atom. The predicted molar refractivity (Wildman–Crippen MR) is 89.4 cm³/mol. The average molecular weight is 390 g/mol. The second-order valence-corrected chi connectivity index (χ2v) is 6.22.